The second-order valence-electron chi connectivity index (χ2n) is 9.03. The first-order valence-electron chi connectivity index (χ1n) is 12.3. The van der Waals surface area contributed by atoms with Crippen molar-refractivity contribution >= 4 is 11.5 Å². The Kier molecular flexibility index (Phi) is 8.01. The van der Waals surface area contributed by atoms with Crippen LogP contribution in [0.3, 0.4) is 0 Å². The summed E-state index contributed by atoms with van der Waals surface area (Å²) in [7, 11) is 3.16. The highest BCUT2D eigenvalue weighted by Crippen LogP contribution is 2.36. The number of aliphatic hydroxyl groups excluding tert-OH is 1. The van der Waals surface area contributed by atoms with Crippen LogP contribution in [0.25, 0.3) is 5.52 Å². The van der Waals surface area contributed by atoms with E-state index in [2.05, 4.69) is 5.10 Å². The maximum absolute atomic E-state index is 11.8. The minimum Gasteiger partial charge on any atom is -0.496 e. The molecule has 0 saturated heterocycles. The van der Waals surface area contributed by atoms with Crippen LogP contribution in [0.15, 0.2) is 30.3 Å². The number of aliphatic hydroxyl groups is 1. The van der Waals surface area contributed by atoms with Gasteiger partial charge in [-0.25, -0.2) is 9.31 Å². The number of pyridine rings is 1. The number of carboxylic acids is 1. The number of hydrogen-bond acceptors (Lipinski definition) is 7. The molecule has 1 saturated carbocycles. The second kappa shape index (κ2) is 11.2. The van der Waals surface area contributed by atoms with E-state index in [4.69, 9.17) is 18.9 Å². The number of carbonyl (C=O) groups is 1. The van der Waals surface area contributed by atoms with E-state index in [-0.39, 0.29) is 18.2 Å². The van der Waals surface area contributed by atoms with E-state index in [1.807, 2.05) is 13.8 Å². The van der Waals surface area contributed by atoms with Gasteiger partial charge < -0.3 is 29.2 Å². The Morgan fingerprint density at radius 1 is 1.11 bits per heavy atom. The zero-order valence-electron chi connectivity index (χ0n) is 21.2. The van der Waals surface area contributed by atoms with Crippen LogP contribution in [0.1, 0.15) is 66.0 Å². The Bertz CT molecular complexity index is 1190. The van der Waals surface area contributed by atoms with E-state index < -0.39 is 18.2 Å². The van der Waals surface area contributed by atoms with Gasteiger partial charge >= 0.3 is 5.97 Å². The highest BCUT2D eigenvalue weighted by Gasteiger charge is 2.30. The second-order valence-corrected chi connectivity index (χ2v) is 9.03. The number of carboxylic acid groups (broad SMARTS) is 1. The van der Waals surface area contributed by atoms with Gasteiger partial charge in [0.05, 0.1) is 38.7 Å². The molecule has 1 aliphatic rings. The lowest BCUT2D eigenvalue weighted by molar-refractivity contribution is -0.0757. The van der Waals surface area contributed by atoms with Crippen LogP contribution in [0.5, 0.6) is 17.2 Å². The van der Waals surface area contributed by atoms with Crippen molar-refractivity contribution in [2.45, 2.75) is 64.3 Å². The molecule has 1 fully saturated rings. The van der Waals surface area contributed by atoms with Gasteiger partial charge in [0, 0.05) is 12.0 Å². The molecular formula is C27H34N2O7. The largest absolute Gasteiger partial charge is 0.496 e. The zero-order valence-corrected chi connectivity index (χ0v) is 21.2. The first kappa shape index (κ1) is 25.8. The van der Waals surface area contributed by atoms with Gasteiger partial charge in [0.1, 0.15) is 28.9 Å². The highest BCUT2D eigenvalue weighted by atomic mass is 16.5. The van der Waals surface area contributed by atoms with Crippen molar-refractivity contribution < 1.29 is 34.0 Å². The zero-order chi connectivity index (χ0) is 25.8. The molecule has 3 aromatic rings. The molecule has 194 valence electrons. The number of rotatable bonds is 11. The molecule has 2 heterocycles. The minimum absolute atomic E-state index is 0.0292. The molecule has 2 N–H and O–H groups in total. The Labute approximate surface area is 210 Å². The number of hydrogen-bond donors (Lipinski definition) is 2. The fraction of sp³-hybridized carbons (Fsp3) is 0.481. The van der Waals surface area contributed by atoms with Gasteiger partial charge in [0.15, 0.2) is 5.69 Å². The molecule has 0 bridgehead atoms. The van der Waals surface area contributed by atoms with Crippen LogP contribution in [0.2, 0.25) is 0 Å². The van der Waals surface area contributed by atoms with E-state index in [0.717, 1.165) is 31.2 Å². The third kappa shape index (κ3) is 5.27. The molecule has 4 rings (SSSR count). The summed E-state index contributed by atoms with van der Waals surface area (Å²) in [5.74, 6) is 0.685. The maximum atomic E-state index is 11.8. The van der Waals surface area contributed by atoms with Crippen LogP contribution >= 0.6 is 0 Å². The average Bonchev–Trinajstić information content (AvgIpc) is 3.53. The van der Waals surface area contributed by atoms with Crippen molar-refractivity contribution in [1.29, 1.82) is 0 Å². The molecule has 0 unspecified atom stereocenters. The van der Waals surface area contributed by atoms with Crippen molar-refractivity contribution in [1.82, 2.24) is 9.61 Å². The quantitative estimate of drug-likeness (QED) is 0.401. The molecule has 36 heavy (non-hydrogen) atoms. The summed E-state index contributed by atoms with van der Waals surface area (Å²) in [6.07, 6.45) is 2.79. The summed E-state index contributed by atoms with van der Waals surface area (Å²) in [6.45, 7) is 4.20. The number of methoxy groups -OCH3 is 2. The molecule has 9 nitrogen and oxygen atoms in total. The maximum Gasteiger partial charge on any atom is 0.354 e. The van der Waals surface area contributed by atoms with Gasteiger partial charge in [-0.05, 0) is 62.6 Å². The van der Waals surface area contributed by atoms with Gasteiger partial charge in [-0.2, -0.15) is 5.10 Å². The lowest BCUT2D eigenvalue weighted by Crippen LogP contribution is -2.29. The van der Waals surface area contributed by atoms with Gasteiger partial charge in [-0.15, -0.1) is 0 Å². The van der Waals surface area contributed by atoms with Crippen LogP contribution in [-0.4, -0.2) is 58.8 Å². The third-order valence-corrected chi connectivity index (χ3v) is 6.70. The lowest BCUT2D eigenvalue weighted by atomic mass is 9.98. The van der Waals surface area contributed by atoms with Gasteiger partial charge in [-0.3, -0.25) is 0 Å². The molecule has 0 aliphatic heterocycles. The van der Waals surface area contributed by atoms with Crippen molar-refractivity contribution in [3.63, 3.8) is 0 Å². The van der Waals surface area contributed by atoms with Crippen LogP contribution in [-0.2, 0) is 11.2 Å². The molecule has 0 spiro atoms. The highest BCUT2D eigenvalue weighted by molar-refractivity contribution is 5.87. The Balaban J connectivity index is 1.72. The van der Waals surface area contributed by atoms with Crippen LogP contribution < -0.4 is 14.2 Å². The summed E-state index contributed by atoms with van der Waals surface area (Å²) in [4.78, 5) is 11.8. The number of ether oxygens (including phenoxy) is 4. The Morgan fingerprint density at radius 3 is 2.36 bits per heavy atom. The van der Waals surface area contributed by atoms with Gasteiger partial charge in [-0.1, -0.05) is 12.8 Å². The molecule has 9 heteroatoms. The van der Waals surface area contributed by atoms with E-state index in [9.17, 15) is 15.0 Å². The fourth-order valence-electron chi connectivity index (χ4n) is 4.84. The molecule has 0 amide bonds. The normalized spacial score (nSPS) is 15.7. The van der Waals surface area contributed by atoms with Crippen LogP contribution in [0.4, 0.5) is 0 Å². The molecular weight excluding hydrogens is 464 g/mol. The Morgan fingerprint density at radius 2 is 1.78 bits per heavy atom. The van der Waals surface area contributed by atoms with E-state index in [0.29, 0.717) is 40.6 Å². The van der Waals surface area contributed by atoms with E-state index >= 15 is 0 Å². The van der Waals surface area contributed by atoms with Crippen molar-refractivity contribution in [2.75, 3.05) is 20.8 Å². The Hall–Kier alpha value is -3.30. The summed E-state index contributed by atoms with van der Waals surface area (Å²) in [5, 5.41) is 25.7. The first-order valence-corrected chi connectivity index (χ1v) is 12.3. The molecule has 2 aromatic heterocycles. The standard InChI is InChI=1S/C27H34N2O7/c1-5-35-22-11-10-20(27(31)32)29-21(22)14-18(28-29)15-25(36-19-8-6-7-9-19)26(30)17-12-23(33-3)16(2)24(13-17)34-4/h10-14,19,25-26,30H,5-9,15H2,1-4H3,(H,31,32)/t25-,26+/m0/s1. The molecule has 1 aliphatic carbocycles. The first-order chi connectivity index (χ1) is 17.4. The number of aromatic nitrogens is 2. The van der Waals surface area contributed by atoms with Gasteiger partial charge in [0.25, 0.3) is 0 Å². The predicted octanol–water partition coefficient (Wildman–Crippen LogP) is 4.36. The monoisotopic (exact) mass is 498 g/mol. The molecule has 2 atom stereocenters. The summed E-state index contributed by atoms with van der Waals surface area (Å²) in [5.41, 5.74) is 2.63. The number of nitrogens with zero attached hydrogens (tertiary/aromatic N) is 2. The van der Waals surface area contributed by atoms with Gasteiger partial charge in [0.2, 0.25) is 0 Å². The molecule has 0 radical (unpaired) electrons. The number of benzene rings is 1. The third-order valence-electron chi connectivity index (χ3n) is 6.70. The lowest BCUT2D eigenvalue weighted by Gasteiger charge is -2.27. The smallest absolute Gasteiger partial charge is 0.354 e. The summed E-state index contributed by atoms with van der Waals surface area (Å²) in [6, 6.07) is 8.51. The topological polar surface area (TPSA) is 112 Å². The number of aromatic carboxylic acids is 1. The summed E-state index contributed by atoms with van der Waals surface area (Å²) >= 11 is 0. The van der Waals surface area contributed by atoms with Crippen molar-refractivity contribution in [2.24, 2.45) is 0 Å². The van der Waals surface area contributed by atoms with E-state index in [1.54, 1.807) is 38.5 Å². The van der Waals surface area contributed by atoms with Crippen molar-refractivity contribution in [3.05, 3.63) is 52.8 Å². The minimum atomic E-state index is -1.09. The van der Waals surface area contributed by atoms with Crippen LogP contribution in [0, 0.1) is 6.92 Å². The predicted molar refractivity (Wildman–Crippen MR) is 133 cm³/mol. The number of fused-ring (bicyclic) bond motifs is 1. The fourth-order valence-corrected chi connectivity index (χ4v) is 4.84. The van der Waals surface area contributed by atoms with E-state index in [1.165, 1.54) is 10.6 Å². The molecule has 1 aromatic carbocycles. The SMILES string of the molecule is CCOc1ccc(C(=O)O)n2nc(C[C@H](OC3CCCC3)[C@H](O)c3cc(OC)c(C)c(OC)c3)cc12. The summed E-state index contributed by atoms with van der Waals surface area (Å²) < 4.78 is 24.5. The van der Waals surface area contributed by atoms with Crippen molar-refractivity contribution in [3.8, 4) is 17.2 Å². The average molecular weight is 499 g/mol.